The van der Waals surface area contributed by atoms with Gasteiger partial charge in [-0.25, -0.2) is 8.42 Å². The lowest BCUT2D eigenvalue weighted by Gasteiger charge is -2.24. The predicted octanol–water partition coefficient (Wildman–Crippen LogP) is 1.74. The molecular formula is C16H19ClN4O3S2. The first-order valence-electron chi connectivity index (χ1n) is 8.02. The van der Waals surface area contributed by atoms with Crippen molar-refractivity contribution >= 4 is 39.3 Å². The third-order valence-corrected chi connectivity index (χ3v) is 6.99. The Kier molecular flexibility index (Phi) is 5.91. The van der Waals surface area contributed by atoms with Crippen LogP contribution >= 0.6 is 23.4 Å². The minimum atomic E-state index is -3.80. The van der Waals surface area contributed by atoms with Gasteiger partial charge in [-0.1, -0.05) is 23.7 Å². The van der Waals surface area contributed by atoms with Gasteiger partial charge in [0, 0.05) is 49.4 Å². The summed E-state index contributed by atoms with van der Waals surface area (Å²) in [7, 11) is -2.20. The molecule has 1 aliphatic rings. The summed E-state index contributed by atoms with van der Waals surface area (Å²) in [5.41, 5.74) is 0.920. The Morgan fingerprint density at radius 3 is 2.58 bits per heavy atom. The fraction of sp³-hybridized carbons (Fsp3) is 0.375. The lowest BCUT2D eigenvalue weighted by Crippen LogP contribution is -2.39. The molecule has 1 fully saturated rings. The lowest BCUT2D eigenvalue weighted by atomic mass is 10.2. The number of aryl methyl sites for hydroxylation is 1. The number of sulfonamides is 1. The highest BCUT2D eigenvalue weighted by atomic mass is 35.5. The number of carbonyl (C=O) groups excluding carboxylic acids is 1. The summed E-state index contributed by atoms with van der Waals surface area (Å²) in [5, 5.41) is 7.21. The van der Waals surface area contributed by atoms with E-state index >= 15 is 0 Å². The maximum Gasteiger partial charge on any atom is 0.263 e. The van der Waals surface area contributed by atoms with Crippen LogP contribution in [0.15, 0.2) is 35.5 Å². The summed E-state index contributed by atoms with van der Waals surface area (Å²) in [4.78, 5) is 12.6. The van der Waals surface area contributed by atoms with Gasteiger partial charge in [0.25, 0.3) is 15.9 Å². The highest BCUT2D eigenvalue weighted by Crippen LogP contribution is 2.22. The van der Waals surface area contributed by atoms with Crippen molar-refractivity contribution in [2.24, 2.45) is 7.05 Å². The smallest absolute Gasteiger partial charge is 0.263 e. The Morgan fingerprint density at radius 1 is 1.27 bits per heavy atom. The summed E-state index contributed by atoms with van der Waals surface area (Å²) >= 11 is 7.56. The highest BCUT2D eigenvalue weighted by Gasteiger charge is 2.33. The third-order valence-electron chi connectivity index (χ3n) is 3.96. The Labute approximate surface area is 161 Å². The molecule has 0 atom stereocenters. The molecule has 1 aliphatic heterocycles. The zero-order valence-electron chi connectivity index (χ0n) is 14.2. The molecule has 0 aliphatic carbocycles. The number of carbonyl (C=O) groups is 1. The van der Waals surface area contributed by atoms with Crippen LogP contribution in [0.2, 0.25) is 5.02 Å². The van der Waals surface area contributed by atoms with Crippen LogP contribution in [0.3, 0.4) is 0 Å². The molecule has 26 heavy (non-hydrogen) atoms. The number of halogens is 1. The van der Waals surface area contributed by atoms with Crippen LogP contribution in [-0.4, -0.2) is 53.0 Å². The monoisotopic (exact) mass is 414 g/mol. The van der Waals surface area contributed by atoms with Crippen molar-refractivity contribution in [2.45, 2.75) is 11.6 Å². The van der Waals surface area contributed by atoms with Crippen LogP contribution in [0.25, 0.3) is 0 Å². The summed E-state index contributed by atoms with van der Waals surface area (Å²) in [5.74, 6) is 1.01. The molecule has 2 aromatic rings. The fourth-order valence-electron chi connectivity index (χ4n) is 2.60. The van der Waals surface area contributed by atoms with Crippen molar-refractivity contribution in [2.75, 3.05) is 24.6 Å². The molecule has 0 bridgehead atoms. The average molecular weight is 415 g/mol. The molecule has 3 rings (SSSR count). The van der Waals surface area contributed by atoms with Gasteiger partial charge in [-0.05, 0) is 17.7 Å². The van der Waals surface area contributed by atoms with E-state index in [-0.39, 0.29) is 17.1 Å². The van der Waals surface area contributed by atoms with E-state index in [1.54, 1.807) is 43.1 Å². The predicted molar refractivity (Wildman–Crippen MR) is 102 cm³/mol. The van der Waals surface area contributed by atoms with E-state index in [9.17, 15) is 13.2 Å². The van der Waals surface area contributed by atoms with Gasteiger partial charge in [-0.3, -0.25) is 9.48 Å². The van der Waals surface area contributed by atoms with Gasteiger partial charge in [-0.15, -0.1) is 0 Å². The van der Waals surface area contributed by atoms with Crippen molar-refractivity contribution in [3.05, 3.63) is 46.6 Å². The van der Waals surface area contributed by atoms with E-state index in [1.807, 2.05) is 0 Å². The van der Waals surface area contributed by atoms with E-state index < -0.39 is 15.9 Å². The molecular weight excluding hydrogens is 396 g/mol. The topological polar surface area (TPSA) is 84.3 Å². The molecule has 140 valence electrons. The van der Waals surface area contributed by atoms with E-state index in [2.05, 4.69) is 10.4 Å². The van der Waals surface area contributed by atoms with Crippen LogP contribution in [0.5, 0.6) is 0 Å². The number of nitrogens with one attached hydrogen (secondary N) is 1. The number of hydrogen-bond acceptors (Lipinski definition) is 5. The molecule has 0 spiro atoms. The molecule has 1 saturated heterocycles. The SMILES string of the molecule is Cn1cc(C(=O)NCc2ccc(Cl)cc2)c(S(=O)(=O)N2CCSCC2)n1. The normalized spacial score (nSPS) is 15.8. The molecule has 10 heteroatoms. The third kappa shape index (κ3) is 4.22. The Hall–Kier alpha value is -1.55. The number of hydrogen-bond donors (Lipinski definition) is 1. The van der Waals surface area contributed by atoms with E-state index in [1.165, 1.54) is 15.2 Å². The second-order valence-corrected chi connectivity index (χ2v) is 9.36. The molecule has 1 amide bonds. The first-order valence-corrected chi connectivity index (χ1v) is 11.0. The highest BCUT2D eigenvalue weighted by molar-refractivity contribution is 7.99. The van der Waals surface area contributed by atoms with Crippen LogP contribution in [0, 0.1) is 0 Å². The van der Waals surface area contributed by atoms with Gasteiger partial charge in [0.1, 0.15) is 0 Å². The summed E-state index contributed by atoms with van der Waals surface area (Å²) in [6.07, 6.45) is 1.43. The molecule has 1 aromatic carbocycles. The standard InChI is InChI=1S/C16H19ClN4O3S2/c1-20-11-14(15(22)18-10-12-2-4-13(17)5-3-12)16(19-20)26(23,24)21-6-8-25-9-7-21/h2-5,11H,6-10H2,1H3,(H,18,22). The van der Waals surface area contributed by atoms with Crippen molar-refractivity contribution in [3.63, 3.8) is 0 Å². The van der Waals surface area contributed by atoms with Gasteiger partial charge in [0.05, 0.1) is 5.56 Å². The maximum atomic E-state index is 12.9. The summed E-state index contributed by atoms with van der Waals surface area (Å²) < 4.78 is 28.5. The van der Waals surface area contributed by atoms with Crippen molar-refractivity contribution in [3.8, 4) is 0 Å². The van der Waals surface area contributed by atoms with Gasteiger partial charge < -0.3 is 5.32 Å². The Morgan fingerprint density at radius 2 is 1.92 bits per heavy atom. The summed E-state index contributed by atoms with van der Waals surface area (Å²) in [6, 6.07) is 7.07. The number of nitrogens with zero attached hydrogens (tertiary/aromatic N) is 3. The fourth-order valence-corrected chi connectivity index (χ4v) is 5.43. The van der Waals surface area contributed by atoms with Crippen LogP contribution in [-0.2, 0) is 23.6 Å². The first kappa shape index (κ1) is 19.2. The second kappa shape index (κ2) is 7.99. The van der Waals surface area contributed by atoms with Crippen LogP contribution in [0.4, 0.5) is 0 Å². The first-order chi connectivity index (χ1) is 12.4. The van der Waals surface area contributed by atoms with Gasteiger partial charge in [0.15, 0.2) is 0 Å². The van der Waals surface area contributed by atoms with E-state index in [0.29, 0.717) is 18.1 Å². The molecule has 0 saturated carbocycles. The Bertz CT molecular complexity index is 891. The molecule has 1 aromatic heterocycles. The molecule has 1 N–H and O–H groups in total. The Balaban J connectivity index is 1.79. The van der Waals surface area contributed by atoms with Gasteiger partial charge in [-0.2, -0.15) is 21.2 Å². The minimum absolute atomic E-state index is 0.0553. The van der Waals surface area contributed by atoms with Gasteiger partial charge >= 0.3 is 0 Å². The number of thioether (sulfide) groups is 1. The molecule has 0 radical (unpaired) electrons. The molecule has 0 unspecified atom stereocenters. The molecule has 7 nitrogen and oxygen atoms in total. The average Bonchev–Trinajstić information content (AvgIpc) is 3.04. The number of rotatable bonds is 5. The van der Waals surface area contributed by atoms with Crippen molar-refractivity contribution in [1.29, 1.82) is 0 Å². The summed E-state index contributed by atoms with van der Waals surface area (Å²) in [6.45, 7) is 1.12. The zero-order chi connectivity index (χ0) is 18.7. The number of benzene rings is 1. The zero-order valence-corrected chi connectivity index (χ0v) is 16.6. The largest absolute Gasteiger partial charge is 0.348 e. The number of amides is 1. The molecule has 2 heterocycles. The van der Waals surface area contributed by atoms with E-state index in [4.69, 9.17) is 11.6 Å². The maximum absolute atomic E-state index is 12.9. The van der Waals surface area contributed by atoms with E-state index in [0.717, 1.165) is 17.1 Å². The quantitative estimate of drug-likeness (QED) is 0.805. The van der Waals surface area contributed by atoms with Crippen molar-refractivity contribution in [1.82, 2.24) is 19.4 Å². The second-order valence-electron chi connectivity index (χ2n) is 5.85. The minimum Gasteiger partial charge on any atom is -0.348 e. The lowest BCUT2D eigenvalue weighted by molar-refractivity contribution is 0.0947. The number of aromatic nitrogens is 2. The van der Waals surface area contributed by atoms with Crippen LogP contribution < -0.4 is 5.32 Å². The van der Waals surface area contributed by atoms with Crippen molar-refractivity contribution < 1.29 is 13.2 Å². The van der Waals surface area contributed by atoms with Crippen LogP contribution in [0.1, 0.15) is 15.9 Å². The van der Waals surface area contributed by atoms with Gasteiger partial charge in [0.2, 0.25) is 5.03 Å².